The van der Waals surface area contributed by atoms with Gasteiger partial charge >= 0.3 is 0 Å². The summed E-state index contributed by atoms with van der Waals surface area (Å²) in [6, 6.07) is 17.6. The van der Waals surface area contributed by atoms with E-state index in [1.807, 2.05) is 66.4 Å². The van der Waals surface area contributed by atoms with Crippen LogP contribution in [0.25, 0.3) is 0 Å². The molecule has 0 spiro atoms. The highest BCUT2D eigenvalue weighted by molar-refractivity contribution is 7.99. The molecule has 0 unspecified atom stereocenters. The van der Waals surface area contributed by atoms with Crippen molar-refractivity contribution in [1.29, 1.82) is 0 Å². The minimum atomic E-state index is 0.694. The third kappa shape index (κ3) is 6.13. The van der Waals surface area contributed by atoms with E-state index in [2.05, 4.69) is 13.8 Å². The van der Waals surface area contributed by atoms with E-state index in [0.29, 0.717) is 5.25 Å². The highest BCUT2D eigenvalue weighted by Gasteiger charge is 1.99. The number of ether oxygens (including phenoxy) is 2. The molecule has 0 aliphatic carbocycles. The van der Waals surface area contributed by atoms with Crippen LogP contribution in [0.1, 0.15) is 20.3 Å². The second kappa shape index (κ2) is 8.63. The van der Waals surface area contributed by atoms with Crippen molar-refractivity contribution in [3.8, 4) is 17.2 Å². The first-order valence-corrected chi connectivity index (χ1v) is 8.36. The number of benzene rings is 2. The first kappa shape index (κ1) is 15.8. The normalized spacial score (nSPS) is 10.6. The van der Waals surface area contributed by atoms with Gasteiger partial charge in [-0.05, 0) is 53.8 Å². The Morgan fingerprint density at radius 1 is 0.857 bits per heavy atom. The van der Waals surface area contributed by atoms with E-state index < -0.39 is 0 Å². The Balaban J connectivity index is 1.74. The fourth-order valence-corrected chi connectivity index (χ4v) is 2.55. The maximum atomic E-state index is 5.74. The molecule has 112 valence electrons. The number of thioether (sulfide) groups is 1. The van der Waals surface area contributed by atoms with Crippen molar-refractivity contribution in [2.75, 3.05) is 12.4 Å². The van der Waals surface area contributed by atoms with Gasteiger partial charge in [0.2, 0.25) is 0 Å². The molecule has 0 saturated heterocycles. The van der Waals surface area contributed by atoms with Crippen molar-refractivity contribution in [3.63, 3.8) is 0 Å². The van der Waals surface area contributed by atoms with Gasteiger partial charge in [0.15, 0.2) is 0 Å². The molecule has 2 aromatic carbocycles. The summed E-state index contributed by atoms with van der Waals surface area (Å²) in [6.45, 7) is 5.20. The van der Waals surface area contributed by atoms with Gasteiger partial charge in [0.25, 0.3) is 0 Å². The molecule has 0 heterocycles. The van der Waals surface area contributed by atoms with Gasteiger partial charge in [-0.25, -0.2) is 0 Å². The van der Waals surface area contributed by atoms with Crippen LogP contribution in [0, 0.1) is 0 Å². The van der Waals surface area contributed by atoms with Crippen LogP contribution in [-0.4, -0.2) is 17.6 Å². The van der Waals surface area contributed by atoms with Gasteiger partial charge < -0.3 is 9.47 Å². The first-order chi connectivity index (χ1) is 10.2. The van der Waals surface area contributed by atoms with E-state index in [-0.39, 0.29) is 0 Å². The van der Waals surface area contributed by atoms with Crippen LogP contribution in [0.5, 0.6) is 17.2 Å². The molecular weight excluding hydrogens is 280 g/mol. The third-order valence-corrected chi connectivity index (χ3v) is 4.00. The van der Waals surface area contributed by atoms with Crippen LogP contribution in [-0.2, 0) is 0 Å². The fraction of sp³-hybridized carbons (Fsp3) is 0.333. The minimum absolute atomic E-state index is 0.694. The fourth-order valence-electron chi connectivity index (χ4n) is 1.80. The highest BCUT2D eigenvalue weighted by atomic mass is 32.2. The summed E-state index contributed by atoms with van der Waals surface area (Å²) in [6.07, 6.45) is 1.07. The van der Waals surface area contributed by atoms with Crippen molar-refractivity contribution in [2.45, 2.75) is 25.5 Å². The van der Waals surface area contributed by atoms with E-state index >= 15 is 0 Å². The van der Waals surface area contributed by atoms with Crippen molar-refractivity contribution in [3.05, 3.63) is 54.6 Å². The summed E-state index contributed by atoms with van der Waals surface area (Å²) >= 11 is 1.97. The molecule has 0 aromatic heterocycles. The Bertz CT molecular complexity index is 509. The number of hydrogen-bond donors (Lipinski definition) is 0. The molecule has 0 fully saturated rings. The Hall–Kier alpha value is -1.61. The number of para-hydroxylation sites is 1. The zero-order chi connectivity index (χ0) is 14.9. The summed E-state index contributed by atoms with van der Waals surface area (Å²) in [7, 11) is 0. The van der Waals surface area contributed by atoms with E-state index in [1.54, 1.807) is 0 Å². The Kier molecular flexibility index (Phi) is 6.48. The monoisotopic (exact) mass is 302 g/mol. The van der Waals surface area contributed by atoms with E-state index in [0.717, 1.165) is 36.0 Å². The quantitative estimate of drug-likeness (QED) is 0.609. The SMILES string of the molecule is CC(C)SCCCOc1ccc(Oc2ccccc2)cc1. The van der Waals surface area contributed by atoms with Crippen molar-refractivity contribution in [1.82, 2.24) is 0 Å². The highest BCUT2D eigenvalue weighted by Crippen LogP contribution is 2.23. The molecule has 0 bridgehead atoms. The van der Waals surface area contributed by atoms with Gasteiger partial charge in [0.05, 0.1) is 6.61 Å². The standard InChI is InChI=1S/C18H22O2S/c1-15(2)21-14-6-13-19-16-9-11-18(12-10-16)20-17-7-4-3-5-8-17/h3-5,7-12,15H,6,13-14H2,1-2H3. The van der Waals surface area contributed by atoms with Crippen molar-refractivity contribution < 1.29 is 9.47 Å². The maximum Gasteiger partial charge on any atom is 0.127 e. The molecule has 0 N–H and O–H groups in total. The number of hydrogen-bond acceptors (Lipinski definition) is 3. The molecule has 2 rings (SSSR count). The van der Waals surface area contributed by atoms with Gasteiger partial charge in [-0.15, -0.1) is 0 Å². The summed E-state index contributed by atoms with van der Waals surface area (Å²) in [5.74, 6) is 3.71. The van der Waals surface area contributed by atoms with Gasteiger partial charge in [-0.3, -0.25) is 0 Å². The largest absolute Gasteiger partial charge is 0.494 e. The molecule has 0 amide bonds. The number of rotatable bonds is 8. The third-order valence-electron chi connectivity index (χ3n) is 2.81. The van der Waals surface area contributed by atoms with Crippen LogP contribution >= 0.6 is 11.8 Å². The lowest BCUT2D eigenvalue weighted by Crippen LogP contribution is -2.00. The molecule has 0 aliphatic rings. The van der Waals surface area contributed by atoms with Crippen molar-refractivity contribution >= 4 is 11.8 Å². The average Bonchev–Trinajstić information content (AvgIpc) is 2.49. The zero-order valence-corrected chi connectivity index (χ0v) is 13.4. The summed E-state index contributed by atoms with van der Waals surface area (Å²) in [4.78, 5) is 0. The Labute approximate surface area is 131 Å². The van der Waals surface area contributed by atoms with E-state index in [4.69, 9.17) is 9.47 Å². The molecule has 21 heavy (non-hydrogen) atoms. The molecule has 0 radical (unpaired) electrons. The van der Waals surface area contributed by atoms with Crippen LogP contribution < -0.4 is 9.47 Å². The van der Waals surface area contributed by atoms with Crippen molar-refractivity contribution in [2.24, 2.45) is 0 Å². The Morgan fingerprint density at radius 3 is 2.14 bits per heavy atom. The van der Waals surface area contributed by atoms with Crippen LogP contribution in [0.2, 0.25) is 0 Å². The molecule has 2 nitrogen and oxygen atoms in total. The topological polar surface area (TPSA) is 18.5 Å². The zero-order valence-electron chi connectivity index (χ0n) is 12.6. The maximum absolute atomic E-state index is 5.74. The lowest BCUT2D eigenvalue weighted by molar-refractivity contribution is 0.318. The van der Waals surface area contributed by atoms with Gasteiger partial charge in [-0.2, -0.15) is 11.8 Å². The Morgan fingerprint density at radius 2 is 1.48 bits per heavy atom. The van der Waals surface area contributed by atoms with Crippen LogP contribution in [0.15, 0.2) is 54.6 Å². The lowest BCUT2D eigenvalue weighted by Gasteiger charge is -2.09. The molecule has 0 atom stereocenters. The predicted octanol–water partition coefficient (Wildman–Crippen LogP) is 5.39. The van der Waals surface area contributed by atoms with Gasteiger partial charge in [-0.1, -0.05) is 32.0 Å². The summed E-state index contributed by atoms with van der Waals surface area (Å²) in [5, 5.41) is 0.694. The second-order valence-electron chi connectivity index (χ2n) is 5.01. The van der Waals surface area contributed by atoms with E-state index in [1.165, 1.54) is 0 Å². The van der Waals surface area contributed by atoms with Gasteiger partial charge in [0.1, 0.15) is 17.2 Å². The first-order valence-electron chi connectivity index (χ1n) is 7.31. The molecule has 3 heteroatoms. The smallest absolute Gasteiger partial charge is 0.127 e. The summed E-state index contributed by atoms with van der Waals surface area (Å²) < 4.78 is 11.5. The van der Waals surface area contributed by atoms with Gasteiger partial charge in [0, 0.05) is 0 Å². The predicted molar refractivity (Wildman–Crippen MR) is 90.7 cm³/mol. The summed E-state index contributed by atoms with van der Waals surface area (Å²) in [5.41, 5.74) is 0. The van der Waals surface area contributed by atoms with E-state index in [9.17, 15) is 0 Å². The molecule has 0 saturated carbocycles. The molecular formula is C18H22O2S. The van der Waals surface area contributed by atoms with Crippen LogP contribution in [0.3, 0.4) is 0 Å². The average molecular weight is 302 g/mol. The van der Waals surface area contributed by atoms with Crippen LogP contribution in [0.4, 0.5) is 0 Å². The second-order valence-corrected chi connectivity index (χ2v) is 6.69. The lowest BCUT2D eigenvalue weighted by atomic mass is 10.3. The molecule has 0 aliphatic heterocycles. The minimum Gasteiger partial charge on any atom is -0.494 e. The molecule has 2 aromatic rings.